The highest BCUT2D eigenvalue weighted by atomic mass is 16.2. The van der Waals surface area contributed by atoms with Crippen molar-refractivity contribution in [2.75, 3.05) is 18.0 Å². The minimum absolute atomic E-state index is 0.00170. The van der Waals surface area contributed by atoms with Gasteiger partial charge in [0.15, 0.2) is 0 Å². The third-order valence-corrected chi connectivity index (χ3v) is 3.78. The van der Waals surface area contributed by atoms with Crippen molar-refractivity contribution in [3.63, 3.8) is 0 Å². The monoisotopic (exact) mass is 274 g/mol. The first-order valence-corrected chi connectivity index (χ1v) is 7.16. The average Bonchev–Trinajstić information content (AvgIpc) is 2.63. The molecule has 1 aromatic rings. The van der Waals surface area contributed by atoms with Gasteiger partial charge in [0.25, 0.3) is 0 Å². The minimum Gasteiger partial charge on any atom is -0.356 e. The largest absolute Gasteiger partial charge is 0.356 e. The van der Waals surface area contributed by atoms with E-state index in [1.165, 1.54) is 0 Å². The van der Waals surface area contributed by atoms with Gasteiger partial charge in [-0.25, -0.2) is 0 Å². The van der Waals surface area contributed by atoms with Crippen LogP contribution in [0.1, 0.15) is 39.2 Å². The molecule has 0 saturated heterocycles. The number of carbonyl (C=O) groups excluding carboxylic acids is 2. The van der Waals surface area contributed by atoms with Crippen molar-refractivity contribution in [2.45, 2.75) is 39.0 Å². The summed E-state index contributed by atoms with van der Waals surface area (Å²) in [6.07, 6.45) is 1.26. The van der Waals surface area contributed by atoms with E-state index in [9.17, 15) is 9.59 Å². The third-order valence-electron chi connectivity index (χ3n) is 3.78. The molecule has 108 valence electrons. The Balaban J connectivity index is 2.10. The fourth-order valence-electron chi connectivity index (χ4n) is 2.59. The van der Waals surface area contributed by atoms with Gasteiger partial charge >= 0.3 is 0 Å². The molecule has 0 radical (unpaired) electrons. The Bertz CT molecular complexity index is 523. The number of fused-ring (bicyclic) bond motifs is 1. The normalized spacial score (nSPS) is 16.1. The number of nitrogens with one attached hydrogen (secondary N) is 1. The van der Waals surface area contributed by atoms with Gasteiger partial charge < -0.3 is 10.2 Å². The summed E-state index contributed by atoms with van der Waals surface area (Å²) < 4.78 is 0. The standard InChI is InChI=1S/C16H22N2O2/c1-4-10-17-14(19)9-11-18-13-8-6-5-7-12(13)16(2,3)15(18)20/h5-8H,4,9-11H2,1-3H3,(H,17,19). The van der Waals surface area contributed by atoms with Crippen molar-refractivity contribution < 1.29 is 9.59 Å². The van der Waals surface area contributed by atoms with Crippen molar-refractivity contribution >= 4 is 17.5 Å². The number of hydrogen-bond acceptors (Lipinski definition) is 2. The van der Waals surface area contributed by atoms with E-state index in [0.29, 0.717) is 19.5 Å². The highest BCUT2D eigenvalue weighted by Crippen LogP contribution is 2.41. The van der Waals surface area contributed by atoms with Crippen LogP contribution < -0.4 is 10.2 Å². The van der Waals surface area contributed by atoms with Crippen LogP contribution >= 0.6 is 0 Å². The van der Waals surface area contributed by atoms with Crippen molar-refractivity contribution in [1.82, 2.24) is 5.32 Å². The molecule has 0 unspecified atom stereocenters. The van der Waals surface area contributed by atoms with Crippen molar-refractivity contribution in [2.24, 2.45) is 0 Å². The van der Waals surface area contributed by atoms with Crippen LogP contribution in [-0.2, 0) is 15.0 Å². The Hall–Kier alpha value is -1.84. The van der Waals surface area contributed by atoms with Crippen LogP contribution in [0.15, 0.2) is 24.3 Å². The maximum absolute atomic E-state index is 12.5. The quantitative estimate of drug-likeness (QED) is 0.895. The predicted molar refractivity (Wildman–Crippen MR) is 79.7 cm³/mol. The number of amides is 2. The van der Waals surface area contributed by atoms with Gasteiger partial charge in [-0.15, -0.1) is 0 Å². The van der Waals surface area contributed by atoms with Gasteiger partial charge in [-0.2, -0.15) is 0 Å². The van der Waals surface area contributed by atoms with Gasteiger partial charge in [-0.1, -0.05) is 25.1 Å². The molecule has 20 heavy (non-hydrogen) atoms. The molecule has 1 aliphatic heterocycles. The topological polar surface area (TPSA) is 49.4 Å². The van der Waals surface area contributed by atoms with Gasteiger partial charge in [-0.05, 0) is 31.9 Å². The van der Waals surface area contributed by atoms with Crippen LogP contribution in [0, 0.1) is 0 Å². The van der Waals surface area contributed by atoms with Crippen LogP contribution in [0.5, 0.6) is 0 Å². The second kappa shape index (κ2) is 5.65. The van der Waals surface area contributed by atoms with Crippen LogP contribution in [-0.4, -0.2) is 24.9 Å². The number of anilines is 1. The Kier molecular flexibility index (Phi) is 4.12. The van der Waals surface area contributed by atoms with Crippen molar-refractivity contribution in [3.8, 4) is 0 Å². The number of nitrogens with zero attached hydrogens (tertiary/aromatic N) is 1. The van der Waals surface area contributed by atoms with Crippen LogP contribution in [0.3, 0.4) is 0 Å². The maximum Gasteiger partial charge on any atom is 0.237 e. The molecule has 2 rings (SSSR count). The highest BCUT2D eigenvalue weighted by molar-refractivity contribution is 6.07. The molecule has 0 saturated carbocycles. The van der Waals surface area contributed by atoms with Crippen LogP contribution in [0.2, 0.25) is 0 Å². The van der Waals surface area contributed by atoms with E-state index in [1.807, 2.05) is 45.0 Å². The predicted octanol–water partition coefficient (Wildman–Crippen LogP) is 2.23. The van der Waals surface area contributed by atoms with Crippen LogP contribution in [0.25, 0.3) is 0 Å². The molecule has 0 aliphatic carbocycles. The van der Waals surface area contributed by atoms with E-state index in [4.69, 9.17) is 0 Å². The number of carbonyl (C=O) groups is 2. The van der Waals surface area contributed by atoms with E-state index in [2.05, 4.69) is 5.32 Å². The zero-order valence-corrected chi connectivity index (χ0v) is 12.4. The lowest BCUT2D eigenvalue weighted by Crippen LogP contribution is -2.38. The first-order valence-electron chi connectivity index (χ1n) is 7.16. The smallest absolute Gasteiger partial charge is 0.237 e. The summed E-state index contributed by atoms with van der Waals surface area (Å²) in [5.41, 5.74) is 1.47. The van der Waals surface area contributed by atoms with E-state index in [0.717, 1.165) is 17.7 Å². The Morgan fingerprint density at radius 2 is 2.00 bits per heavy atom. The Morgan fingerprint density at radius 1 is 1.30 bits per heavy atom. The van der Waals surface area contributed by atoms with Crippen molar-refractivity contribution in [3.05, 3.63) is 29.8 Å². The molecule has 1 N–H and O–H groups in total. The zero-order valence-electron chi connectivity index (χ0n) is 12.4. The fourth-order valence-corrected chi connectivity index (χ4v) is 2.59. The van der Waals surface area contributed by atoms with Crippen molar-refractivity contribution in [1.29, 1.82) is 0 Å². The molecule has 4 nitrogen and oxygen atoms in total. The van der Waals surface area contributed by atoms with E-state index in [-0.39, 0.29) is 11.8 Å². The number of hydrogen-bond donors (Lipinski definition) is 1. The molecule has 4 heteroatoms. The molecule has 0 aromatic heterocycles. The second-order valence-electron chi connectivity index (χ2n) is 5.70. The second-order valence-corrected chi connectivity index (χ2v) is 5.70. The summed E-state index contributed by atoms with van der Waals surface area (Å²) in [6, 6.07) is 7.82. The summed E-state index contributed by atoms with van der Waals surface area (Å²) in [7, 11) is 0. The first kappa shape index (κ1) is 14.6. The molecule has 1 aromatic carbocycles. The van der Waals surface area contributed by atoms with Gasteiger partial charge in [0.2, 0.25) is 11.8 Å². The summed E-state index contributed by atoms with van der Waals surface area (Å²) in [5, 5.41) is 2.84. The molecular weight excluding hydrogens is 252 g/mol. The average molecular weight is 274 g/mol. The number of para-hydroxylation sites is 1. The fraction of sp³-hybridized carbons (Fsp3) is 0.500. The lowest BCUT2D eigenvalue weighted by molar-refractivity contribution is -0.122. The summed E-state index contributed by atoms with van der Waals surface area (Å²) in [6.45, 7) is 7.02. The van der Waals surface area contributed by atoms with Gasteiger partial charge in [-0.3, -0.25) is 9.59 Å². The third kappa shape index (κ3) is 2.55. The molecule has 0 fully saturated rings. The summed E-state index contributed by atoms with van der Waals surface area (Å²) in [4.78, 5) is 25.9. The number of rotatable bonds is 5. The molecule has 0 atom stereocenters. The lowest BCUT2D eigenvalue weighted by Gasteiger charge is -2.20. The highest BCUT2D eigenvalue weighted by Gasteiger charge is 2.43. The molecular formula is C16H22N2O2. The minimum atomic E-state index is -0.503. The van der Waals surface area contributed by atoms with E-state index in [1.54, 1.807) is 4.90 Å². The van der Waals surface area contributed by atoms with E-state index < -0.39 is 5.41 Å². The zero-order chi connectivity index (χ0) is 14.8. The van der Waals surface area contributed by atoms with Crippen LogP contribution in [0.4, 0.5) is 5.69 Å². The number of benzene rings is 1. The maximum atomic E-state index is 12.5. The first-order chi connectivity index (χ1) is 9.48. The Morgan fingerprint density at radius 3 is 2.70 bits per heavy atom. The molecule has 2 amide bonds. The molecule has 0 bridgehead atoms. The molecule has 0 spiro atoms. The van der Waals surface area contributed by atoms with Gasteiger partial charge in [0, 0.05) is 25.2 Å². The van der Waals surface area contributed by atoms with Gasteiger partial charge in [0.1, 0.15) is 0 Å². The summed E-state index contributed by atoms with van der Waals surface area (Å²) in [5.74, 6) is 0.0730. The Labute approximate surface area is 120 Å². The van der Waals surface area contributed by atoms with Gasteiger partial charge in [0.05, 0.1) is 5.41 Å². The SMILES string of the molecule is CCCNC(=O)CCN1C(=O)C(C)(C)c2ccccc21. The molecule has 1 heterocycles. The lowest BCUT2D eigenvalue weighted by atomic mass is 9.86. The van der Waals surface area contributed by atoms with E-state index >= 15 is 0 Å². The summed E-state index contributed by atoms with van der Waals surface area (Å²) >= 11 is 0. The molecule has 1 aliphatic rings.